The molecule has 1 saturated heterocycles. The van der Waals surface area contributed by atoms with Gasteiger partial charge in [-0.3, -0.25) is 0 Å². The molecule has 0 aromatic heterocycles. The van der Waals surface area contributed by atoms with Crippen LogP contribution < -0.4 is 4.72 Å². The standard InChI is InChI=1S/C22H27ClN2O3S/c1-4-10-19(17-13-8-9-14-18(17)23)24-21-25-29(26,27)20(22(2,3)28-21)15-16-11-6-5-7-12-16/h5-9,11-14,19-20H,4,10,15H2,1-3H3,(H,24,25)/t19-,20?/m0/s1. The number of sulfonamides is 1. The Bertz CT molecular complexity index is 975. The van der Waals surface area contributed by atoms with Gasteiger partial charge < -0.3 is 4.74 Å². The van der Waals surface area contributed by atoms with E-state index in [0.29, 0.717) is 11.4 Å². The van der Waals surface area contributed by atoms with E-state index in [1.807, 2.05) is 54.6 Å². The molecule has 29 heavy (non-hydrogen) atoms. The Morgan fingerprint density at radius 3 is 2.41 bits per heavy atom. The normalized spacial score (nSPS) is 22.5. The van der Waals surface area contributed by atoms with Crippen LogP contribution in [0.3, 0.4) is 0 Å². The summed E-state index contributed by atoms with van der Waals surface area (Å²) < 4.78 is 34.7. The summed E-state index contributed by atoms with van der Waals surface area (Å²) in [6.45, 7) is 5.63. The number of hydrogen-bond acceptors (Lipinski definition) is 4. The fourth-order valence-corrected chi connectivity index (χ4v) is 5.54. The van der Waals surface area contributed by atoms with Crippen LogP contribution in [0.2, 0.25) is 5.02 Å². The molecular formula is C22H27ClN2O3S. The van der Waals surface area contributed by atoms with Gasteiger partial charge in [-0.1, -0.05) is 73.5 Å². The number of hydrogen-bond donors (Lipinski definition) is 1. The van der Waals surface area contributed by atoms with Gasteiger partial charge in [0.15, 0.2) is 0 Å². The number of benzene rings is 2. The zero-order chi connectivity index (χ0) is 21.1. The Labute approximate surface area is 178 Å². The second kappa shape index (κ2) is 8.76. The number of nitrogens with one attached hydrogen (secondary N) is 1. The van der Waals surface area contributed by atoms with Crippen LogP contribution in [0.25, 0.3) is 0 Å². The van der Waals surface area contributed by atoms with Crippen molar-refractivity contribution in [1.29, 1.82) is 0 Å². The fourth-order valence-electron chi connectivity index (χ4n) is 3.59. The van der Waals surface area contributed by atoms with Crippen molar-refractivity contribution >= 4 is 27.6 Å². The number of halogens is 1. The fraction of sp³-hybridized carbons (Fsp3) is 0.409. The highest BCUT2D eigenvalue weighted by atomic mass is 35.5. The minimum Gasteiger partial charge on any atom is -0.457 e. The van der Waals surface area contributed by atoms with Gasteiger partial charge in [0.1, 0.15) is 10.9 Å². The van der Waals surface area contributed by atoms with E-state index in [2.05, 4.69) is 16.6 Å². The molecule has 3 rings (SSSR count). The minimum absolute atomic E-state index is 0.0256. The lowest BCUT2D eigenvalue weighted by molar-refractivity contribution is 0.0760. The molecule has 156 valence electrons. The first-order chi connectivity index (χ1) is 13.7. The van der Waals surface area contributed by atoms with Gasteiger partial charge in [-0.2, -0.15) is 0 Å². The molecule has 1 aliphatic rings. The first kappa shape index (κ1) is 21.7. The lowest BCUT2D eigenvalue weighted by Crippen LogP contribution is -2.59. The minimum atomic E-state index is -3.67. The maximum Gasteiger partial charge on any atom is 0.299 e. The largest absolute Gasteiger partial charge is 0.457 e. The van der Waals surface area contributed by atoms with E-state index in [-0.39, 0.29) is 12.1 Å². The van der Waals surface area contributed by atoms with Crippen molar-refractivity contribution in [3.8, 4) is 0 Å². The van der Waals surface area contributed by atoms with Crippen molar-refractivity contribution in [2.75, 3.05) is 0 Å². The second-order valence-corrected chi connectivity index (χ2v) is 10.1. The van der Waals surface area contributed by atoms with Gasteiger partial charge in [0.2, 0.25) is 10.0 Å². The molecule has 1 aliphatic heterocycles. The van der Waals surface area contributed by atoms with Crippen molar-refractivity contribution in [1.82, 2.24) is 4.72 Å². The van der Waals surface area contributed by atoms with E-state index in [0.717, 1.165) is 24.0 Å². The summed E-state index contributed by atoms with van der Waals surface area (Å²) in [5.74, 6) is 0. The van der Waals surface area contributed by atoms with E-state index < -0.39 is 20.9 Å². The second-order valence-electron chi connectivity index (χ2n) is 7.79. The third kappa shape index (κ3) is 5.11. The predicted octanol–water partition coefficient (Wildman–Crippen LogP) is 4.88. The molecule has 0 saturated carbocycles. The van der Waals surface area contributed by atoms with E-state index in [9.17, 15) is 8.42 Å². The molecular weight excluding hydrogens is 408 g/mol. The number of rotatable bonds is 6. The van der Waals surface area contributed by atoms with E-state index in [1.165, 1.54) is 0 Å². The molecule has 0 radical (unpaired) electrons. The summed E-state index contributed by atoms with van der Waals surface area (Å²) >= 11 is 6.35. The lowest BCUT2D eigenvalue weighted by atomic mass is 9.97. The van der Waals surface area contributed by atoms with Crippen LogP contribution in [-0.2, 0) is 21.2 Å². The van der Waals surface area contributed by atoms with E-state index in [1.54, 1.807) is 13.8 Å². The SMILES string of the molecule is CCC[C@H](N=C1NS(=O)(=O)C(Cc2ccccc2)C(C)(C)O1)c1ccccc1Cl. The van der Waals surface area contributed by atoms with Gasteiger partial charge in [0, 0.05) is 5.02 Å². The number of nitrogens with zero attached hydrogens (tertiary/aromatic N) is 1. The first-order valence-electron chi connectivity index (χ1n) is 9.79. The van der Waals surface area contributed by atoms with Gasteiger partial charge in [0.05, 0.1) is 6.04 Å². The number of amidine groups is 1. The highest BCUT2D eigenvalue weighted by Gasteiger charge is 2.47. The van der Waals surface area contributed by atoms with Crippen LogP contribution in [0, 0.1) is 0 Å². The zero-order valence-electron chi connectivity index (χ0n) is 16.9. The van der Waals surface area contributed by atoms with Gasteiger partial charge >= 0.3 is 0 Å². The molecule has 5 nitrogen and oxygen atoms in total. The van der Waals surface area contributed by atoms with Gasteiger partial charge in [-0.05, 0) is 43.9 Å². The molecule has 7 heteroatoms. The van der Waals surface area contributed by atoms with Crippen molar-refractivity contribution in [3.63, 3.8) is 0 Å². The van der Waals surface area contributed by atoms with Crippen LogP contribution in [0.5, 0.6) is 0 Å². The monoisotopic (exact) mass is 434 g/mol. The third-order valence-electron chi connectivity index (χ3n) is 5.10. The summed E-state index contributed by atoms with van der Waals surface area (Å²) in [6.07, 6.45) is 1.96. The Balaban J connectivity index is 1.90. The van der Waals surface area contributed by atoms with Gasteiger partial charge in [-0.15, -0.1) is 0 Å². The van der Waals surface area contributed by atoms with Crippen molar-refractivity contribution in [3.05, 3.63) is 70.7 Å². The highest BCUT2D eigenvalue weighted by molar-refractivity contribution is 7.90. The van der Waals surface area contributed by atoms with Crippen LogP contribution in [0.1, 0.15) is 50.8 Å². The van der Waals surface area contributed by atoms with Gasteiger partial charge in [-0.25, -0.2) is 18.1 Å². The molecule has 1 unspecified atom stereocenters. The molecule has 0 aliphatic carbocycles. The number of ether oxygens (including phenoxy) is 1. The average molecular weight is 435 g/mol. The Morgan fingerprint density at radius 2 is 1.79 bits per heavy atom. The van der Waals surface area contributed by atoms with Crippen LogP contribution in [0.15, 0.2) is 59.6 Å². The van der Waals surface area contributed by atoms with E-state index >= 15 is 0 Å². The maximum atomic E-state index is 13.1. The Hall–Kier alpha value is -2.05. The molecule has 2 atom stereocenters. The smallest absolute Gasteiger partial charge is 0.299 e. The van der Waals surface area contributed by atoms with Crippen LogP contribution in [-0.4, -0.2) is 25.3 Å². The van der Waals surface area contributed by atoms with Crippen molar-refractivity contribution in [2.45, 2.75) is 56.9 Å². The molecule has 1 N–H and O–H groups in total. The average Bonchev–Trinajstić information content (AvgIpc) is 2.65. The topological polar surface area (TPSA) is 67.8 Å². The maximum absolute atomic E-state index is 13.1. The summed E-state index contributed by atoms with van der Waals surface area (Å²) in [7, 11) is -3.67. The molecule has 2 aromatic rings. The van der Waals surface area contributed by atoms with Crippen LogP contribution in [0.4, 0.5) is 0 Å². The molecule has 1 heterocycles. The summed E-state index contributed by atoms with van der Waals surface area (Å²) in [5.41, 5.74) is 0.867. The summed E-state index contributed by atoms with van der Waals surface area (Å²) in [5, 5.41) is -0.128. The zero-order valence-corrected chi connectivity index (χ0v) is 18.5. The highest BCUT2D eigenvalue weighted by Crippen LogP contribution is 2.32. The Kier molecular flexibility index (Phi) is 6.54. The van der Waals surface area contributed by atoms with Crippen molar-refractivity contribution < 1.29 is 13.2 Å². The third-order valence-corrected chi connectivity index (χ3v) is 7.39. The van der Waals surface area contributed by atoms with Crippen LogP contribution >= 0.6 is 11.6 Å². The first-order valence-corrected chi connectivity index (χ1v) is 11.7. The summed E-state index contributed by atoms with van der Waals surface area (Å²) in [6, 6.07) is 16.8. The molecule has 0 amide bonds. The Morgan fingerprint density at radius 1 is 1.14 bits per heavy atom. The van der Waals surface area contributed by atoms with Crippen molar-refractivity contribution in [2.24, 2.45) is 4.99 Å². The molecule has 0 bridgehead atoms. The lowest BCUT2D eigenvalue weighted by Gasteiger charge is -2.39. The predicted molar refractivity (Wildman–Crippen MR) is 118 cm³/mol. The molecule has 2 aromatic carbocycles. The van der Waals surface area contributed by atoms with Gasteiger partial charge in [0.25, 0.3) is 6.02 Å². The quantitative estimate of drug-likeness (QED) is 0.704. The molecule has 1 fully saturated rings. The summed E-state index contributed by atoms with van der Waals surface area (Å²) in [4.78, 5) is 4.61. The molecule has 0 spiro atoms. The number of aliphatic imine (C=N–C) groups is 1. The van der Waals surface area contributed by atoms with E-state index in [4.69, 9.17) is 16.3 Å².